The Hall–Kier alpha value is -1.68. The summed E-state index contributed by atoms with van der Waals surface area (Å²) in [4.78, 5) is 25.6. The zero-order valence-electron chi connectivity index (χ0n) is 14.9. The van der Waals surface area contributed by atoms with Crippen LogP contribution in [0.15, 0.2) is 34.1 Å². The molecule has 0 bridgehead atoms. The van der Waals surface area contributed by atoms with Crippen LogP contribution in [0.25, 0.3) is 0 Å². The van der Waals surface area contributed by atoms with E-state index in [9.17, 15) is 19.8 Å². The van der Waals surface area contributed by atoms with Crippen molar-refractivity contribution in [3.05, 3.63) is 34.1 Å². The second-order valence-electron chi connectivity index (χ2n) is 8.28. The fourth-order valence-electron chi connectivity index (χ4n) is 5.33. The minimum absolute atomic E-state index is 0.0887. The molecule has 1 saturated carbocycles. The molecule has 0 aromatic carbocycles. The van der Waals surface area contributed by atoms with Crippen LogP contribution in [0.4, 0.5) is 0 Å². The molecule has 0 saturated heterocycles. The van der Waals surface area contributed by atoms with Gasteiger partial charge in [-0.3, -0.25) is 9.59 Å². The molecular formula is C20H26O4. The van der Waals surface area contributed by atoms with Crippen molar-refractivity contribution >= 4 is 11.6 Å². The molecule has 3 aliphatic carbocycles. The maximum Gasteiger partial charge on any atom is 0.223 e. The summed E-state index contributed by atoms with van der Waals surface area (Å²) in [5.41, 5.74) is 1.79. The molecule has 0 aromatic rings. The van der Waals surface area contributed by atoms with Crippen LogP contribution >= 0.6 is 0 Å². The molecule has 0 aliphatic heterocycles. The quantitative estimate of drug-likeness (QED) is 0.813. The van der Waals surface area contributed by atoms with Gasteiger partial charge in [0.15, 0.2) is 11.5 Å². The van der Waals surface area contributed by atoms with E-state index in [1.54, 1.807) is 6.08 Å². The molecule has 0 unspecified atom stereocenters. The SMILES string of the molecule is CC1=C(CCO)C(=O)C(O)=C2C1=CC(=O)[C@H]1C(C)(C)CCC[C@]21C. The summed E-state index contributed by atoms with van der Waals surface area (Å²) in [5, 5.41) is 19.9. The lowest BCUT2D eigenvalue weighted by Gasteiger charge is -2.53. The highest BCUT2D eigenvalue weighted by molar-refractivity contribution is 6.12. The van der Waals surface area contributed by atoms with Gasteiger partial charge in [-0.1, -0.05) is 27.2 Å². The first-order valence-electron chi connectivity index (χ1n) is 8.70. The van der Waals surface area contributed by atoms with Gasteiger partial charge in [0.05, 0.1) is 0 Å². The molecular weight excluding hydrogens is 304 g/mol. The predicted octanol–water partition coefficient (Wildman–Crippen LogP) is 3.42. The maximum atomic E-state index is 13.0. The Morgan fingerprint density at radius 3 is 2.50 bits per heavy atom. The molecule has 0 spiro atoms. The van der Waals surface area contributed by atoms with Crippen LogP contribution in [0.2, 0.25) is 0 Å². The fourth-order valence-corrected chi connectivity index (χ4v) is 5.33. The molecule has 3 aliphatic rings. The van der Waals surface area contributed by atoms with Crippen molar-refractivity contribution in [1.29, 1.82) is 0 Å². The van der Waals surface area contributed by atoms with Gasteiger partial charge in [0.1, 0.15) is 0 Å². The Labute approximate surface area is 142 Å². The molecule has 3 rings (SSSR count). The zero-order valence-corrected chi connectivity index (χ0v) is 14.9. The number of carbonyl (C=O) groups is 2. The first-order valence-corrected chi connectivity index (χ1v) is 8.70. The van der Waals surface area contributed by atoms with Crippen molar-refractivity contribution in [2.45, 2.75) is 53.4 Å². The Morgan fingerprint density at radius 2 is 1.88 bits per heavy atom. The number of ketones is 2. The summed E-state index contributed by atoms with van der Waals surface area (Å²) in [6, 6.07) is 0. The first-order chi connectivity index (χ1) is 11.1. The van der Waals surface area contributed by atoms with Gasteiger partial charge in [-0.25, -0.2) is 0 Å². The van der Waals surface area contributed by atoms with E-state index < -0.39 is 11.2 Å². The number of hydrogen-bond donors (Lipinski definition) is 2. The summed E-state index contributed by atoms with van der Waals surface area (Å²) in [7, 11) is 0. The van der Waals surface area contributed by atoms with Gasteiger partial charge >= 0.3 is 0 Å². The Balaban J connectivity index is 2.26. The number of carbonyl (C=O) groups excluding carboxylic acids is 2. The first kappa shape index (κ1) is 17.2. The Morgan fingerprint density at radius 1 is 1.21 bits per heavy atom. The van der Waals surface area contributed by atoms with Crippen molar-refractivity contribution in [3.8, 4) is 0 Å². The molecule has 4 heteroatoms. The highest BCUT2D eigenvalue weighted by atomic mass is 16.3. The summed E-state index contributed by atoms with van der Waals surface area (Å²) in [5.74, 6) is -0.759. The molecule has 2 N–H and O–H groups in total. The largest absolute Gasteiger partial charge is 0.504 e. The molecule has 2 atom stereocenters. The average molecular weight is 330 g/mol. The number of aliphatic hydroxyl groups excluding tert-OH is 2. The second kappa shape index (κ2) is 5.41. The number of Topliss-reactive ketones (excluding diaryl/α,β-unsaturated/α-hetero) is 1. The van der Waals surface area contributed by atoms with Crippen LogP contribution in [0.1, 0.15) is 53.4 Å². The van der Waals surface area contributed by atoms with Gasteiger partial charge in [-0.05, 0) is 48.8 Å². The van der Waals surface area contributed by atoms with Crippen molar-refractivity contribution in [1.82, 2.24) is 0 Å². The van der Waals surface area contributed by atoms with Crippen molar-refractivity contribution in [2.75, 3.05) is 6.61 Å². The minimum atomic E-state index is -0.519. The molecule has 1 fully saturated rings. The van der Waals surface area contributed by atoms with E-state index in [4.69, 9.17) is 0 Å². The number of hydrogen-bond acceptors (Lipinski definition) is 4. The molecule has 0 heterocycles. The lowest BCUT2D eigenvalue weighted by molar-refractivity contribution is -0.130. The highest BCUT2D eigenvalue weighted by Crippen LogP contribution is 2.60. The predicted molar refractivity (Wildman–Crippen MR) is 91.4 cm³/mol. The number of rotatable bonds is 2. The fraction of sp³-hybridized carbons (Fsp3) is 0.600. The third-order valence-corrected chi connectivity index (χ3v) is 6.29. The van der Waals surface area contributed by atoms with Crippen LogP contribution in [-0.4, -0.2) is 28.4 Å². The van der Waals surface area contributed by atoms with E-state index >= 15 is 0 Å². The van der Waals surface area contributed by atoms with E-state index in [0.717, 1.165) is 24.8 Å². The summed E-state index contributed by atoms with van der Waals surface area (Å²) in [6.07, 6.45) is 4.54. The smallest absolute Gasteiger partial charge is 0.223 e. The van der Waals surface area contributed by atoms with Gasteiger partial charge in [-0.2, -0.15) is 0 Å². The maximum absolute atomic E-state index is 13.0. The Kier molecular flexibility index (Phi) is 3.87. The number of aliphatic hydroxyl groups is 2. The molecule has 0 amide bonds. The molecule has 130 valence electrons. The zero-order chi connectivity index (χ0) is 17.9. The third kappa shape index (κ3) is 2.16. The van der Waals surface area contributed by atoms with Crippen LogP contribution in [-0.2, 0) is 9.59 Å². The number of allylic oxidation sites excluding steroid dienone is 5. The van der Waals surface area contributed by atoms with Crippen LogP contribution < -0.4 is 0 Å². The van der Waals surface area contributed by atoms with Gasteiger partial charge in [0, 0.05) is 29.1 Å². The van der Waals surface area contributed by atoms with E-state index in [2.05, 4.69) is 13.8 Å². The summed E-state index contributed by atoms with van der Waals surface area (Å²) >= 11 is 0. The normalized spacial score (nSPS) is 32.5. The van der Waals surface area contributed by atoms with Crippen molar-refractivity contribution < 1.29 is 19.8 Å². The van der Waals surface area contributed by atoms with Crippen LogP contribution in [0.3, 0.4) is 0 Å². The van der Waals surface area contributed by atoms with Crippen molar-refractivity contribution in [3.63, 3.8) is 0 Å². The summed E-state index contributed by atoms with van der Waals surface area (Å²) < 4.78 is 0. The monoisotopic (exact) mass is 330 g/mol. The Bertz CT molecular complexity index is 720. The van der Waals surface area contributed by atoms with Crippen molar-refractivity contribution in [2.24, 2.45) is 16.7 Å². The van der Waals surface area contributed by atoms with E-state index in [1.807, 2.05) is 13.8 Å². The molecule has 0 aromatic heterocycles. The average Bonchev–Trinajstić information content (AvgIpc) is 2.47. The van der Waals surface area contributed by atoms with Gasteiger partial charge in [-0.15, -0.1) is 0 Å². The van der Waals surface area contributed by atoms with Crippen LogP contribution in [0, 0.1) is 16.7 Å². The van der Waals surface area contributed by atoms with E-state index in [-0.39, 0.29) is 35.9 Å². The number of fused-ring (bicyclic) bond motifs is 3. The van der Waals surface area contributed by atoms with Gasteiger partial charge in [0.25, 0.3) is 0 Å². The molecule has 24 heavy (non-hydrogen) atoms. The summed E-state index contributed by atoms with van der Waals surface area (Å²) in [6.45, 7) is 7.88. The van der Waals surface area contributed by atoms with E-state index in [1.165, 1.54) is 0 Å². The molecule has 0 radical (unpaired) electrons. The lowest BCUT2D eigenvalue weighted by Crippen LogP contribution is -2.50. The topological polar surface area (TPSA) is 74.6 Å². The van der Waals surface area contributed by atoms with Crippen LogP contribution in [0.5, 0.6) is 0 Å². The third-order valence-electron chi connectivity index (χ3n) is 6.29. The van der Waals surface area contributed by atoms with Gasteiger partial charge < -0.3 is 10.2 Å². The van der Waals surface area contributed by atoms with E-state index in [0.29, 0.717) is 16.7 Å². The molecule has 4 nitrogen and oxygen atoms in total. The minimum Gasteiger partial charge on any atom is -0.504 e. The lowest BCUT2D eigenvalue weighted by atomic mass is 9.49. The van der Waals surface area contributed by atoms with Gasteiger partial charge in [0.2, 0.25) is 5.78 Å². The highest BCUT2D eigenvalue weighted by Gasteiger charge is 2.56. The standard InChI is InChI=1S/C20H26O4/c1-11-12(6-9-21)16(23)17(24)15-13(11)10-14(22)18-19(2,3)7-5-8-20(15,18)4/h10,18,21,24H,5-9H2,1-4H3/t18-,20+/m0/s1. The second-order valence-corrected chi connectivity index (χ2v) is 8.28.